The molecule has 1 heterocycles. The number of hydrogen-bond donors (Lipinski definition) is 3. The lowest BCUT2D eigenvalue weighted by molar-refractivity contribution is -0.365. The number of anilines is 3. The van der Waals surface area contributed by atoms with Crippen LogP contribution in [0, 0.1) is 0 Å². The van der Waals surface area contributed by atoms with Crippen LogP contribution in [0.4, 0.5) is 17.3 Å². The van der Waals surface area contributed by atoms with Gasteiger partial charge in [0.25, 0.3) is 0 Å². The molecule has 8 nitrogen and oxygen atoms in total. The maximum absolute atomic E-state index is 12.8. The monoisotopic (exact) mass is 518 g/mol. The summed E-state index contributed by atoms with van der Waals surface area (Å²) < 4.78 is 28.2. The third-order valence-electron chi connectivity index (χ3n) is 4.91. The zero-order valence-electron chi connectivity index (χ0n) is 19.1. The quantitative estimate of drug-likeness (QED) is 0.212. The number of aromatic amines is 1. The highest BCUT2D eigenvalue weighted by atomic mass is 32.2. The van der Waals surface area contributed by atoms with Crippen molar-refractivity contribution in [1.82, 2.24) is 9.71 Å². The van der Waals surface area contributed by atoms with Crippen LogP contribution in [0.1, 0.15) is 5.56 Å². The molecule has 4 N–H and O–H groups in total. The molecule has 4 aromatic rings. The second-order valence-corrected chi connectivity index (χ2v) is 10.4. The maximum Gasteiger partial charge on any atom is 0.395 e. The predicted octanol–water partition coefficient (Wildman–Crippen LogP) is 4.39. The lowest BCUT2D eigenvalue weighted by Gasteiger charge is -2.08. The predicted molar refractivity (Wildman–Crippen MR) is 140 cm³/mol. The van der Waals surface area contributed by atoms with Gasteiger partial charge in [-0.25, -0.2) is 23.4 Å². The van der Waals surface area contributed by atoms with Crippen molar-refractivity contribution < 1.29 is 18.2 Å². The van der Waals surface area contributed by atoms with Crippen LogP contribution in [0.25, 0.3) is 0 Å². The summed E-state index contributed by atoms with van der Waals surface area (Å²) in [5, 5.41) is 6.56. The number of carbonyl (C=O) groups is 1. The minimum atomic E-state index is -3.69. The smallest absolute Gasteiger partial charge is 0.323 e. The van der Waals surface area contributed by atoms with E-state index in [1.807, 2.05) is 48.5 Å². The Labute approximate surface area is 214 Å². The van der Waals surface area contributed by atoms with Crippen molar-refractivity contribution in [1.29, 1.82) is 0 Å². The van der Waals surface area contributed by atoms with Crippen LogP contribution in [-0.4, -0.2) is 19.3 Å². The molecule has 0 aliphatic carbocycles. The van der Waals surface area contributed by atoms with Crippen LogP contribution in [-0.2, 0) is 21.4 Å². The first-order valence-corrected chi connectivity index (χ1v) is 13.2. The number of H-pyrrole nitrogens is 1. The molecule has 0 spiro atoms. The summed E-state index contributed by atoms with van der Waals surface area (Å²) in [6, 6.07) is 25.1. The summed E-state index contributed by atoms with van der Waals surface area (Å²) in [4.78, 5) is 20.1. The molecule has 10 heteroatoms. The molecule has 0 atom stereocenters. The fraction of sp³-hybridized carbons (Fsp3) is 0.0385. The largest absolute Gasteiger partial charge is 0.395 e. The minimum Gasteiger partial charge on any atom is -0.323 e. The fourth-order valence-electron chi connectivity index (χ4n) is 3.15. The highest BCUT2D eigenvalue weighted by molar-refractivity contribution is 7.99. The van der Waals surface area contributed by atoms with Crippen LogP contribution in [0.3, 0.4) is 0 Å². The van der Waals surface area contributed by atoms with E-state index in [4.69, 9.17) is 0 Å². The maximum atomic E-state index is 12.8. The summed E-state index contributed by atoms with van der Waals surface area (Å²) in [6.07, 6.45) is 2.96. The Morgan fingerprint density at radius 2 is 1.75 bits per heavy atom. The second-order valence-electron chi connectivity index (χ2n) is 7.56. The van der Waals surface area contributed by atoms with Gasteiger partial charge in [-0.05, 0) is 54.1 Å². The highest BCUT2D eigenvalue weighted by Gasteiger charge is 2.16. The standard InChI is InChI=1S/C26H23N5O3S2/c1-2-24(32)29-20-11-13-22(14-12-20)35-25-15-16-27-26(31-25)30-21-9-6-10-23(17-21)36(33,34)28-18-19-7-4-3-5-8-19/h2-17,28H,1,18H2,(H,29,32)(H,27,30,31)/p+1. The van der Waals surface area contributed by atoms with Crippen molar-refractivity contribution in [2.45, 2.75) is 21.4 Å². The van der Waals surface area contributed by atoms with Crippen molar-refractivity contribution in [2.24, 2.45) is 0 Å². The van der Waals surface area contributed by atoms with E-state index in [-0.39, 0.29) is 17.3 Å². The number of carbonyl (C=O) groups excluding carboxylic acids is 1. The molecule has 1 amide bonds. The van der Waals surface area contributed by atoms with E-state index >= 15 is 0 Å². The summed E-state index contributed by atoms with van der Waals surface area (Å²) >= 11 is 1.45. The van der Waals surface area contributed by atoms with Gasteiger partial charge in [-0.15, -0.1) is 0 Å². The van der Waals surface area contributed by atoms with Crippen LogP contribution in [0.2, 0.25) is 0 Å². The van der Waals surface area contributed by atoms with E-state index in [9.17, 15) is 13.2 Å². The van der Waals surface area contributed by atoms with E-state index in [1.54, 1.807) is 42.6 Å². The first kappa shape index (κ1) is 25.1. The zero-order chi connectivity index (χ0) is 25.4. The average Bonchev–Trinajstić information content (AvgIpc) is 2.90. The third kappa shape index (κ3) is 7.01. The molecule has 0 radical (unpaired) electrons. The van der Waals surface area contributed by atoms with Gasteiger partial charge in [0.1, 0.15) is 5.69 Å². The van der Waals surface area contributed by atoms with Crippen LogP contribution >= 0.6 is 11.8 Å². The normalized spacial score (nSPS) is 11.0. The van der Waals surface area contributed by atoms with Crippen LogP contribution in [0.15, 0.2) is 119 Å². The van der Waals surface area contributed by atoms with Crippen molar-refractivity contribution in [3.05, 3.63) is 109 Å². The molecule has 0 aliphatic heterocycles. The topological polar surface area (TPSA) is 114 Å². The van der Waals surface area contributed by atoms with Gasteiger partial charge in [-0.2, -0.15) is 0 Å². The molecular weight excluding hydrogens is 494 g/mol. The lowest BCUT2D eigenvalue weighted by atomic mass is 10.2. The second kappa shape index (κ2) is 11.6. The summed E-state index contributed by atoms with van der Waals surface area (Å²) in [7, 11) is -3.69. The van der Waals surface area contributed by atoms with Crippen LogP contribution in [0.5, 0.6) is 0 Å². The van der Waals surface area contributed by atoms with Gasteiger partial charge in [0, 0.05) is 23.2 Å². The van der Waals surface area contributed by atoms with Crippen molar-refractivity contribution in [2.75, 3.05) is 10.6 Å². The van der Waals surface area contributed by atoms with E-state index < -0.39 is 10.0 Å². The first-order valence-electron chi connectivity index (χ1n) is 10.9. The number of hydrogen-bond acceptors (Lipinski definition) is 6. The van der Waals surface area contributed by atoms with Gasteiger partial charge in [0.2, 0.25) is 15.9 Å². The van der Waals surface area contributed by atoms with Gasteiger partial charge >= 0.3 is 5.95 Å². The van der Waals surface area contributed by atoms with Gasteiger partial charge in [0.15, 0.2) is 5.03 Å². The molecule has 182 valence electrons. The summed E-state index contributed by atoms with van der Waals surface area (Å²) in [6.45, 7) is 3.64. The highest BCUT2D eigenvalue weighted by Crippen LogP contribution is 2.27. The molecule has 3 aromatic carbocycles. The molecule has 0 unspecified atom stereocenters. The van der Waals surface area contributed by atoms with E-state index in [0.717, 1.165) is 15.5 Å². The number of amides is 1. The Hall–Kier alpha value is -3.99. The number of aromatic nitrogens is 2. The first-order chi connectivity index (χ1) is 17.4. The van der Waals surface area contributed by atoms with E-state index in [0.29, 0.717) is 17.3 Å². The number of nitrogens with one attached hydrogen (secondary N) is 4. The molecule has 4 rings (SSSR count). The Morgan fingerprint density at radius 1 is 0.972 bits per heavy atom. The Balaban J connectivity index is 1.42. The number of rotatable bonds is 10. The van der Waals surface area contributed by atoms with E-state index in [1.165, 1.54) is 17.8 Å². The van der Waals surface area contributed by atoms with Crippen molar-refractivity contribution >= 4 is 45.0 Å². The minimum absolute atomic E-state index is 0.151. The van der Waals surface area contributed by atoms with Gasteiger partial charge in [-0.1, -0.05) is 59.7 Å². The number of sulfonamides is 1. The molecule has 0 fully saturated rings. The summed E-state index contributed by atoms with van der Waals surface area (Å²) in [5.74, 6) is 0.192. The molecule has 1 aromatic heterocycles. The molecular formula is C26H24N5O3S2+. The zero-order valence-corrected chi connectivity index (χ0v) is 20.8. The fourth-order valence-corrected chi connectivity index (χ4v) is 5.00. The number of benzene rings is 3. The number of nitrogens with zero attached hydrogens (tertiary/aromatic N) is 1. The Bertz CT molecular complexity index is 1460. The van der Waals surface area contributed by atoms with Gasteiger partial charge < -0.3 is 5.32 Å². The lowest BCUT2D eigenvalue weighted by Crippen LogP contribution is -2.23. The van der Waals surface area contributed by atoms with Gasteiger partial charge in [0.05, 0.1) is 11.1 Å². The molecule has 36 heavy (non-hydrogen) atoms. The molecule has 0 saturated heterocycles. The summed E-state index contributed by atoms with van der Waals surface area (Å²) in [5.41, 5.74) is 2.12. The molecule has 0 saturated carbocycles. The van der Waals surface area contributed by atoms with E-state index in [2.05, 4.69) is 31.9 Å². The van der Waals surface area contributed by atoms with Gasteiger partial charge in [-0.3, -0.25) is 4.79 Å². The average molecular weight is 519 g/mol. The van der Waals surface area contributed by atoms with Crippen molar-refractivity contribution in [3.8, 4) is 0 Å². The third-order valence-corrected chi connectivity index (χ3v) is 7.26. The molecule has 0 bridgehead atoms. The SMILES string of the molecule is C=CC(=O)Nc1ccc(Sc2cc[nH+]c(Nc3cccc(S(=O)(=O)NCc4ccccc4)c3)n2)cc1. The Kier molecular flexibility index (Phi) is 8.11. The van der Waals surface area contributed by atoms with Crippen LogP contribution < -0.4 is 20.3 Å². The van der Waals surface area contributed by atoms with Crippen molar-refractivity contribution in [3.63, 3.8) is 0 Å². The Morgan fingerprint density at radius 3 is 2.50 bits per heavy atom. The molecule has 0 aliphatic rings.